The Morgan fingerprint density at radius 2 is 1.77 bits per heavy atom. The smallest absolute Gasteiger partial charge is 0.305 e. The van der Waals surface area contributed by atoms with Crippen LogP contribution in [-0.4, -0.2) is 51.2 Å². The van der Waals surface area contributed by atoms with Crippen molar-refractivity contribution in [2.24, 2.45) is 22.2 Å². The van der Waals surface area contributed by atoms with Crippen LogP contribution < -0.4 is 5.32 Å². The lowest BCUT2D eigenvalue weighted by atomic mass is 9.79. The van der Waals surface area contributed by atoms with E-state index in [1.165, 1.54) is 0 Å². The molecular formula is C34H45Cl2N3O4. The van der Waals surface area contributed by atoms with E-state index >= 15 is 0 Å². The van der Waals surface area contributed by atoms with E-state index in [4.69, 9.17) is 33.3 Å². The standard InChI is InChI=1S/C34H45Cl2N3O4/c1-20(2)7-12-28(22-8-10-23(11-9-22)31(42)37-21(3)15-29(40)41)39-32(43)30(24-16-26(35)18-27(36)17-24)38-34(39)14-13-25(19-34)33(4,5)6/h8,10,16-18,20-21,25,28H,7,9,11-15,19H2,1-6H3,(H,37,42)(H,40,41)/t21-,25?,28?,34?/m0/s1. The van der Waals surface area contributed by atoms with Crippen LogP contribution in [0, 0.1) is 17.3 Å². The fourth-order valence-electron chi connectivity index (χ4n) is 6.71. The molecule has 0 radical (unpaired) electrons. The third kappa shape index (κ3) is 7.72. The average molecular weight is 631 g/mol. The Balaban J connectivity index is 1.72. The zero-order valence-electron chi connectivity index (χ0n) is 26.2. The number of hydrogen-bond acceptors (Lipinski definition) is 4. The summed E-state index contributed by atoms with van der Waals surface area (Å²) in [7, 11) is 0. The van der Waals surface area contributed by atoms with Gasteiger partial charge in [0, 0.05) is 27.2 Å². The van der Waals surface area contributed by atoms with Crippen LogP contribution in [0.4, 0.5) is 0 Å². The number of carbonyl (C=O) groups excluding carboxylic acids is 2. The van der Waals surface area contributed by atoms with Gasteiger partial charge in [-0.2, -0.15) is 0 Å². The number of carbonyl (C=O) groups is 3. The number of allylic oxidation sites excluding steroid dienone is 2. The fourth-order valence-corrected chi connectivity index (χ4v) is 7.23. The molecule has 4 rings (SSSR count). The monoisotopic (exact) mass is 629 g/mol. The summed E-state index contributed by atoms with van der Waals surface area (Å²) < 4.78 is 0. The average Bonchev–Trinajstić information content (AvgIpc) is 3.45. The maximum Gasteiger partial charge on any atom is 0.305 e. The Hall–Kier alpha value is -2.64. The lowest BCUT2D eigenvalue weighted by Gasteiger charge is -2.42. The maximum absolute atomic E-state index is 14.5. The lowest BCUT2D eigenvalue weighted by molar-refractivity contribution is -0.137. The van der Waals surface area contributed by atoms with Crippen LogP contribution in [0.15, 0.2) is 46.5 Å². The number of carboxylic acids is 1. The van der Waals surface area contributed by atoms with Gasteiger partial charge in [0.1, 0.15) is 11.4 Å². The summed E-state index contributed by atoms with van der Waals surface area (Å²) in [5.41, 5.74) is 2.20. The minimum atomic E-state index is -0.952. The van der Waals surface area contributed by atoms with Crippen molar-refractivity contribution in [1.82, 2.24) is 10.2 Å². The summed E-state index contributed by atoms with van der Waals surface area (Å²) in [6, 6.07) is 4.55. The van der Waals surface area contributed by atoms with Crippen molar-refractivity contribution in [3.8, 4) is 0 Å². The molecule has 2 N–H and O–H groups in total. The molecule has 0 bridgehead atoms. The molecule has 43 heavy (non-hydrogen) atoms. The summed E-state index contributed by atoms with van der Waals surface area (Å²) in [5.74, 6) is -0.442. The molecule has 0 saturated heterocycles. The second-order valence-corrected chi connectivity index (χ2v) is 14.8. The molecule has 3 unspecified atom stereocenters. The molecule has 1 aromatic rings. The summed E-state index contributed by atoms with van der Waals surface area (Å²) in [6.07, 6.45) is 9.14. The third-order valence-electron chi connectivity index (χ3n) is 9.11. The number of nitrogens with zero attached hydrogens (tertiary/aromatic N) is 2. The minimum Gasteiger partial charge on any atom is -0.481 e. The predicted molar refractivity (Wildman–Crippen MR) is 172 cm³/mol. The number of halogens is 2. The third-order valence-corrected chi connectivity index (χ3v) is 9.54. The highest BCUT2D eigenvalue weighted by atomic mass is 35.5. The molecular weight excluding hydrogens is 585 g/mol. The first kappa shape index (κ1) is 33.3. The van der Waals surface area contributed by atoms with Crippen LogP contribution in [-0.2, 0) is 14.4 Å². The van der Waals surface area contributed by atoms with Gasteiger partial charge in [-0.1, -0.05) is 70.0 Å². The molecule has 1 aromatic carbocycles. The highest BCUT2D eigenvalue weighted by Crippen LogP contribution is 2.51. The molecule has 7 nitrogen and oxygen atoms in total. The van der Waals surface area contributed by atoms with Crippen molar-refractivity contribution in [2.45, 2.75) is 111 Å². The maximum atomic E-state index is 14.5. The molecule has 1 fully saturated rings. The number of rotatable bonds is 10. The van der Waals surface area contributed by atoms with E-state index in [9.17, 15) is 14.4 Å². The quantitative estimate of drug-likeness (QED) is 0.278. The summed E-state index contributed by atoms with van der Waals surface area (Å²) in [6.45, 7) is 12.8. The number of aliphatic carboxylic acids is 1. The van der Waals surface area contributed by atoms with Crippen molar-refractivity contribution >= 4 is 46.7 Å². The van der Waals surface area contributed by atoms with Gasteiger partial charge in [-0.15, -0.1) is 0 Å². The molecule has 9 heteroatoms. The second kappa shape index (κ2) is 13.2. The van der Waals surface area contributed by atoms with Gasteiger partial charge in [0.2, 0.25) is 5.91 Å². The molecule has 1 aliphatic heterocycles. The van der Waals surface area contributed by atoms with Gasteiger partial charge in [0.15, 0.2) is 0 Å². The number of nitrogens with one attached hydrogen (secondary N) is 1. The number of hydrogen-bond donors (Lipinski definition) is 2. The summed E-state index contributed by atoms with van der Waals surface area (Å²) in [4.78, 5) is 45.8. The van der Waals surface area contributed by atoms with E-state index in [1.807, 2.05) is 12.2 Å². The van der Waals surface area contributed by atoms with E-state index in [0.29, 0.717) is 51.6 Å². The van der Waals surface area contributed by atoms with Crippen molar-refractivity contribution in [2.75, 3.05) is 0 Å². The molecule has 3 aliphatic rings. The van der Waals surface area contributed by atoms with Crippen LogP contribution in [0.1, 0.15) is 98.5 Å². The van der Waals surface area contributed by atoms with Crippen LogP contribution in [0.25, 0.3) is 0 Å². The minimum absolute atomic E-state index is 0.0795. The van der Waals surface area contributed by atoms with Gasteiger partial charge in [-0.3, -0.25) is 19.4 Å². The number of benzene rings is 1. The SMILES string of the molecule is CC(C)CCC(C1=CC=C(C(=O)N[C@@H](C)CC(=O)O)CC1)N1C(=O)C(c2cc(Cl)cc(Cl)c2)=NC12CCC(C(C)(C)C)C2. The molecule has 2 aliphatic carbocycles. The molecule has 1 saturated carbocycles. The van der Waals surface area contributed by atoms with Crippen LogP contribution in [0.5, 0.6) is 0 Å². The van der Waals surface area contributed by atoms with Crippen molar-refractivity contribution < 1.29 is 19.5 Å². The first-order valence-electron chi connectivity index (χ1n) is 15.4. The first-order valence-corrected chi connectivity index (χ1v) is 16.2. The molecule has 2 amide bonds. The van der Waals surface area contributed by atoms with Gasteiger partial charge in [0.25, 0.3) is 5.91 Å². The Morgan fingerprint density at radius 1 is 1.09 bits per heavy atom. The van der Waals surface area contributed by atoms with E-state index in [2.05, 4.69) is 44.8 Å². The van der Waals surface area contributed by atoms with Gasteiger partial charge in [-0.05, 0) is 92.9 Å². The number of carboxylic acid groups (broad SMARTS) is 1. The number of amides is 2. The Morgan fingerprint density at radius 3 is 2.30 bits per heavy atom. The van der Waals surface area contributed by atoms with Gasteiger partial charge >= 0.3 is 5.97 Å². The van der Waals surface area contributed by atoms with Crippen LogP contribution in [0.3, 0.4) is 0 Å². The Labute approximate surface area is 265 Å². The highest BCUT2D eigenvalue weighted by Gasteiger charge is 2.55. The Bertz CT molecular complexity index is 1340. The zero-order valence-corrected chi connectivity index (χ0v) is 27.7. The normalized spacial score (nSPS) is 23.7. The lowest BCUT2D eigenvalue weighted by Crippen LogP contribution is -2.52. The van der Waals surface area contributed by atoms with Gasteiger partial charge in [0.05, 0.1) is 12.5 Å². The molecule has 234 valence electrons. The van der Waals surface area contributed by atoms with Gasteiger partial charge < -0.3 is 15.3 Å². The largest absolute Gasteiger partial charge is 0.481 e. The van der Waals surface area contributed by atoms with E-state index in [0.717, 1.165) is 37.7 Å². The van der Waals surface area contributed by atoms with Gasteiger partial charge in [-0.25, -0.2) is 0 Å². The van der Waals surface area contributed by atoms with E-state index in [1.54, 1.807) is 25.1 Å². The molecule has 4 atom stereocenters. The molecule has 1 heterocycles. The van der Waals surface area contributed by atoms with E-state index in [-0.39, 0.29) is 29.7 Å². The zero-order chi connectivity index (χ0) is 31.7. The van der Waals surface area contributed by atoms with Crippen LogP contribution in [0.2, 0.25) is 10.0 Å². The fraction of sp³-hybridized carbons (Fsp3) is 0.588. The molecule has 1 spiro atoms. The predicted octanol–water partition coefficient (Wildman–Crippen LogP) is 7.60. The summed E-state index contributed by atoms with van der Waals surface area (Å²) in [5, 5.41) is 12.8. The van der Waals surface area contributed by atoms with Crippen molar-refractivity contribution in [3.63, 3.8) is 0 Å². The Kier molecular flexibility index (Phi) is 10.2. The van der Waals surface area contributed by atoms with Crippen molar-refractivity contribution in [1.29, 1.82) is 0 Å². The first-order chi connectivity index (χ1) is 20.1. The molecule has 0 aromatic heterocycles. The van der Waals surface area contributed by atoms with Crippen LogP contribution >= 0.6 is 23.2 Å². The van der Waals surface area contributed by atoms with Crippen molar-refractivity contribution in [3.05, 3.63) is 57.1 Å². The summed E-state index contributed by atoms with van der Waals surface area (Å²) >= 11 is 12.7. The highest BCUT2D eigenvalue weighted by molar-refractivity contribution is 6.48. The van der Waals surface area contributed by atoms with E-state index < -0.39 is 17.7 Å². The topological polar surface area (TPSA) is 99.1 Å². The second-order valence-electron chi connectivity index (χ2n) is 14.0. The number of aliphatic imine (C=N–C) groups is 1.